The van der Waals surface area contributed by atoms with E-state index in [0.29, 0.717) is 13.0 Å². The Hall–Kier alpha value is -2.64. The lowest BCUT2D eigenvalue weighted by Crippen LogP contribution is -2.43. The van der Waals surface area contributed by atoms with Gasteiger partial charge in [-0.15, -0.1) is 0 Å². The van der Waals surface area contributed by atoms with Crippen LogP contribution in [-0.2, 0) is 21.2 Å². The molecule has 0 aliphatic carbocycles. The van der Waals surface area contributed by atoms with E-state index in [1.54, 1.807) is 12.3 Å². The highest BCUT2D eigenvalue weighted by atomic mass is 32.2. The Morgan fingerprint density at radius 3 is 2.67 bits per heavy atom. The zero-order valence-electron chi connectivity index (χ0n) is 17.0. The van der Waals surface area contributed by atoms with E-state index in [1.807, 2.05) is 36.1 Å². The minimum Gasteiger partial charge on any atom is -0.468 e. The molecule has 1 aromatic heterocycles. The van der Waals surface area contributed by atoms with Crippen LogP contribution in [0.2, 0.25) is 0 Å². The van der Waals surface area contributed by atoms with Crippen LogP contribution in [0.1, 0.15) is 30.7 Å². The van der Waals surface area contributed by atoms with E-state index >= 15 is 0 Å². The Balaban J connectivity index is 1.44. The van der Waals surface area contributed by atoms with Gasteiger partial charge in [0.1, 0.15) is 5.76 Å². The summed E-state index contributed by atoms with van der Waals surface area (Å²) in [7, 11) is -3.05. The number of rotatable bonds is 7. The van der Waals surface area contributed by atoms with Gasteiger partial charge in [-0.25, -0.2) is 8.42 Å². The van der Waals surface area contributed by atoms with E-state index in [9.17, 15) is 13.2 Å². The number of sulfone groups is 1. The second kappa shape index (κ2) is 8.62. The van der Waals surface area contributed by atoms with E-state index in [-0.39, 0.29) is 36.0 Å². The molecule has 0 unspecified atom stereocenters. The molecule has 1 fully saturated rings. The summed E-state index contributed by atoms with van der Waals surface area (Å²) >= 11 is 0. The van der Waals surface area contributed by atoms with Gasteiger partial charge in [-0.1, -0.05) is 36.4 Å². The molecule has 7 heteroatoms. The number of carbonyl (C=O) groups excluding carboxylic acids is 1. The highest BCUT2D eigenvalue weighted by molar-refractivity contribution is 7.91. The lowest BCUT2D eigenvalue weighted by molar-refractivity contribution is -0.123. The standard InChI is InChI=1S/C23H26N2O4S/c1-17(19-9-8-18-5-2-3-6-20(18)13-19)24-23(26)15-25(14-22-7-4-11-29-22)21-10-12-30(27,28)16-21/h2-9,11,13,17,21H,10,12,14-16H2,1H3,(H,24,26)/t17-,21-/m1/s1. The molecule has 1 N–H and O–H groups in total. The number of fused-ring (bicyclic) bond motifs is 1. The molecule has 1 amide bonds. The lowest BCUT2D eigenvalue weighted by Gasteiger charge is -2.27. The number of benzene rings is 2. The maximum Gasteiger partial charge on any atom is 0.234 e. The summed E-state index contributed by atoms with van der Waals surface area (Å²) in [5.41, 5.74) is 1.03. The third-order valence-corrected chi connectivity index (χ3v) is 7.41. The van der Waals surface area contributed by atoms with E-state index < -0.39 is 9.84 Å². The molecule has 158 valence electrons. The van der Waals surface area contributed by atoms with Crippen LogP contribution in [0.5, 0.6) is 0 Å². The first-order valence-corrected chi connectivity index (χ1v) is 12.0. The third-order valence-electron chi connectivity index (χ3n) is 5.66. The molecule has 0 radical (unpaired) electrons. The van der Waals surface area contributed by atoms with Crippen LogP contribution in [0.15, 0.2) is 65.3 Å². The van der Waals surface area contributed by atoms with Crippen molar-refractivity contribution in [3.8, 4) is 0 Å². The van der Waals surface area contributed by atoms with E-state index in [0.717, 1.165) is 22.1 Å². The molecule has 2 atom stereocenters. The Morgan fingerprint density at radius 1 is 1.17 bits per heavy atom. The summed E-state index contributed by atoms with van der Waals surface area (Å²) < 4.78 is 29.3. The van der Waals surface area contributed by atoms with Gasteiger partial charge < -0.3 is 9.73 Å². The SMILES string of the molecule is C[C@@H](NC(=O)CN(Cc1ccco1)[C@@H]1CCS(=O)(=O)C1)c1ccc2ccccc2c1. The van der Waals surface area contributed by atoms with E-state index in [4.69, 9.17) is 4.42 Å². The average molecular weight is 427 g/mol. The monoisotopic (exact) mass is 426 g/mol. The van der Waals surface area contributed by atoms with Crippen LogP contribution < -0.4 is 5.32 Å². The van der Waals surface area contributed by atoms with Gasteiger partial charge in [-0.3, -0.25) is 9.69 Å². The summed E-state index contributed by atoms with van der Waals surface area (Å²) in [6.07, 6.45) is 2.12. The van der Waals surface area contributed by atoms with Crippen molar-refractivity contribution >= 4 is 26.5 Å². The van der Waals surface area contributed by atoms with Crippen molar-refractivity contribution in [2.24, 2.45) is 0 Å². The van der Waals surface area contributed by atoms with Gasteiger partial charge in [-0.2, -0.15) is 0 Å². The molecule has 6 nitrogen and oxygen atoms in total. The highest BCUT2D eigenvalue weighted by Crippen LogP contribution is 2.22. The van der Waals surface area contributed by atoms with Crippen LogP contribution in [-0.4, -0.2) is 43.3 Å². The number of hydrogen-bond acceptors (Lipinski definition) is 5. The minimum atomic E-state index is -3.05. The van der Waals surface area contributed by atoms with Crippen molar-refractivity contribution in [2.75, 3.05) is 18.1 Å². The second-order valence-corrected chi connectivity index (χ2v) is 10.2. The van der Waals surface area contributed by atoms with Crippen molar-refractivity contribution in [3.63, 3.8) is 0 Å². The molecule has 1 saturated heterocycles. The highest BCUT2D eigenvalue weighted by Gasteiger charge is 2.33. The first-order valence-electron chi connectivity index (χ1n) is 10.1. The van der Waals surface area contributed by atoms with Crippen LogP contribution in [0.4, 0.5) is 0 Å². The summed E-state index contributed by atoms with van der Waals surface area (Å²) in [4.78, 5) is 14.7. The summed E-state index contributed by atoms with van der Waals surface area (Å²) in [5, 5.41) is 5.34. The van der Waals surface area contributed by atoms with E-state index in [2.05, 4.69) is 29.6 Å². The molecular weight excluding hydrogens is 400 g/mol. The van der Waals surface area contributed by atoms with Crippen LogP contribution in [0, 0.1) is 0 Å². The van der Waals surface area contributed by atoms with Crippen LogP contribution in [0.25, 0.3) is 10.8 Å². The lowest BCUT2D eigenvalue weighted by atomic mass is 10.0. The van der Waals surface area contributed by atoms with Gasteiger partial charge in [0.05, 0.1) is 36.9 Å². The van der Waals surface area contributed by atoms with Crippen molar-refractivity contribution in [3.05, 3.63) is 72.2 Å². The number of furan rings is 1. The number of carbonyl (C=O) groups is 1. The fourth-order valence-electron chi connectivity index (χ4n) is 4.01. The van der Waals surface area contributed by atoms with Gasteiger partial charge in [0.2, 0.25) is 5.91 Å². The smallest absolute Gasteiger partial charge is 0.234 e. The van der Waals surface area contributed by atoms with Gasteiger partial charge in [0, 0.05) is 6.04 Å². The second-order valence-electron chi connectivity index (χ2n) is 7.94. The van der Waals surface area contributed by atoms with Crippen LogP contribution in [0.3, 0.4) is 0 Å². The van der Waals surface area contributed by atoms with Crippen LogP contribution >= 0.6 is 0 Å². The fraction of sp³-hybridized carbons (Fsp3) is 0.348. The number of nitrogens with one attached hydrogen (secondary N) is 1. The Kier molecular flexibility index (Phi) is 5.92. The van der Waals surface area contributed by atoms with E-state index in [1.165, 1.54) is 0 Å². The summed E-state index contributed by atoms with van der Waals surface area (Å²) in [6.45, 7) is 2.49. The topological polar surface area (TPSA) is 79.6 Å². The number of amides is 1. The zero-order chi connectivity index (χ0) is 21.1. The molecule has 0 spiro atoms. The molecule has 1 aliphatic heterocycles. The summed E-state index contributed by atoms with van der Waals surface area (Å²) in [5.74, 6) is 0.837. The normalized spacial score (nSPS) is 19.2. The predicted molar refractivity (Wildman–Crippen MR) is 117 cm³/mol. The molecule has 1 aliphatic rings. The van der Waals surface area contributed by atoms with Crippen molar-refractivity contribution in [1.29, 1.82) is 0 Å². The molecule has 2 heterocycles. The largest absolute Gasteiger partial charge is 0.468 e. The van der Waals surface area contributed by atoms with Gasteiger partial charge >= 0.3 is 0 Å². The van der Waals surface area contributed by atoms with Crippen molar-refractivity contribution < 1.29 is 17.6 Å². The molecule has 30 heavy (non-hydrogen) atoms. The molecule has 0 saturated carbocycles. The van der Waals surface area contributed by atoms with Gasteiger partial charge in [0.25, 0.3) is 0 Å². The molecular formula is C23H26N2O4S. The third kappa shape index (κ3) is 4.91. The Bertz CT molecular complexity index is 1130. The zero-order valence-corrected chi connectivity index (χ0v) is 17.8. The molecule has 3 aromatic rings. The van der Waals surface area contributed by atoms with Crippen molar-refractivity contribution in [2.45, 2.75) is 32.0 Å². The summed E-state index contributed by atoms with van der Waals surface area (Å²) in [6, 6.07) is 17.6. The quantitative estimate of drug-likeness (QED) is 0.627. The first kappa shape index (κ1) is 20.6. The van der Waals surface area contributed by atoms with Crippen molar-refractivity contribution in [1.82, 2.24) is 10.2 Å². The molecule has 2 aromatic carbocycles. The maximum absolute atomic E-state index is 12.8. The molecule has 0 bridgehead atoms. The fourth-order valence-corrected chi connectivity index (χ4v) is 5.77. The maximum atomic E-state index is 12.8. The number of hydrogen-bond donors (Lipinski definition) is 1. The van der Waals surface area contributed by atoms with Gasteiger partial charge in [-0.05, 0) is 47.9 Å². The Morgan fingerprint density at radius 2 is 1.97 bits per heavy atom. The Labute approximate surface area is 176 Å². The average Bonchev–Trinajstić information content (AvgIpc) is 3.36. The minimum absolute atomic E-state index is 0.0845. The molecule has 4 rings (SSSR count). The first-order chi connectivity index (χ1) is 14.4. The van der Waals surface area contributed by atoms with Gasteiger partial charge in [0.15, 0.2) is 9.84 Å². The predicted octanol–water partition coefficient (Wildman–Crippen LogP) is 3.30. The number of nitrogens with zero attached hydrogens (tertiary/aromatic N) is 1.